The molecule has 0 aliphatic heterocycles. The van der Waals surface area contributed by atoms with Crippen LogP contribution in [0.1, 0.15) is 30.6 Å². The van der Waals surface area contributed by atoms with Gasteiger partial charge in [-0.15, -0.1) is 0 Å². The first-order chi connectivity index (χ1) is 8.04. The molecule has 0 fully saturated rings. The standard InChI is InChI=1S/C13H14ClNOS/c1-9(2)7-12(17-8-15)13(16)10-3-5-11(14)6-4-10/h3-6,9,12H,7H2,1-2H3. The summed E-state index contributed by atoms with van der Waals surface area (Å²) in [5.41, 5.74) is 0.614. The van der Waals surface area contributed by atoms with Gasteiger partial charge in [0.25, 0.3) is 0 Å². The van der Waals surface area contributed by atoms with Gasteiger partial charge in [-0.3, -0.25) is 4.79 Å². The molecule has 1 rings (SSSR count). The first-order valence-corrected chi connectivity index (χ1v) is 6.65. The molecule has 0 spiro atoms. The fourth-order valence-electron chi connectivity index (χ4n) is 1.50. The Morgan fingerprint density at radius 1 is 1.41 bits per heavy atom. The van der Waals surface area contributed by atoms with Crippen molar-refractivity contribution in [3.63, 3.8) is 0 Å². The lowest BCUT2D eigenvalue weighted by Gasteiger charge is -2.14. The predicted octanol–water partition coefficient (Wildman–Crippen LogP) is 4.15. The first kappa shape index (κ1) is 14.1. The molecule has 1 aromatic carbocycles. The third kappa shape index (κ3) is 4.41. The van der Waals surface area contributed by atoms with Crippen LogP contribution in [0.2, 0.25) is 5.02 Å². The number of thioether (sulfide) groups is 1. The van der Waals surface area contributed by atoms with Crippen LogP contribution in [0, 0.1) is 16.6 Å². The number of Topliss-reactive ketones (excluding diaryl/α,β-unsaturated/α-hetero) is 1. The van der Waals surface area contributed by atoms with Crippen molar-refractivity contribution in [3.8, 4) is 5.40 Å². The van der Waals surface area contributed by atoms with Crippen LogP contribution in [-0.4, -0.2) is 11.0 Å². The fourth-order valence-corrected chi connectivity index (χ4v) is 2.48. The molecule has 0 amide bonds. The molecule has 17 heavy (non-hydrogen) atoms. The van der Waals surface area contributed by atoms with E-state index in [1.165, 1.54) is 0 Å². The molecule has 0 N–H and O–H groups in total. The van der Waals surface area contributed by atoms with E-state index in [4.69, 9.17) is 16.9 Å². The smallest absolute Gasteiger partial charge is 0.176 e. The minimum Gasteiger partial charge on any atom is -0.293 e. The van der Waals surface area contributed by atoms with Gasteiger partial charge in [-0.05, 0) is 48.4 Å². The molecule has 0 aromatic heterocycles. The average Bonchev–Trinajstić information content (AvgIpc) is 2.28. The number of hydrogen-bond donors (Lipinski definition) is 0. The zero-order valence-electron chi connectivity index (χ0n) is 9.81. The summed E-state index contributed by atoms with van der Waals surface area (Å²) in [4.78, 5) is 12.2. The average molecular weight is 268 g/mol. The van der Waals surface area contributed by atoms with Crippen LogP contribution < -0.4 is 0 Å². The first-order valence-electron chi connectivity index (χ1n) is 5.39. The minimum atomic E-state index is -0.291. The maximum Gasteiger partial charge on any atom is 0.176 e. The second-order valence-electron chi connectivity index (χ2n) is 4.20. The summed E-state index contributed by atoms with van der Waals surface area (Å²) in [6, 6.07) is 6.79. The van der Waals surface area contributed by atoms with Gasteiger partial charge in [-0.25, -0.2) is 0 Å². The molecule has 1 atom stereocenters. The van der Waals surface area contributed by atoms with Crippen molar-refractivity contribution in [2.24, 2.45) is 5.92 Å². The Hall–Kier alpha value is -0.980. The minimum absolute atomic E-state index is 0.00177. The van der Waals surface area contributed by atoms with Crippen molar-refractivity contribution in [2.75, 3.05) is 0 Å². The van der Waals surface area contributed by atoms with Crippen LogP contribution in [0.4, 0.5) is 0 Å². The molecule has 4 heteroatoms. The molecular weight excluding hydrogens is 254 g/mol. The highest BCUT2D eigenvalue weighted by Gasteiger charge is 2.21. The highest BCUT2D eigenvalue weighted by Crippen LogP contribution is 2.23. The Balaban J connectivity index is 2.84. The Labute approximate surface area is 111 Å². The summed E-state index contributed by atoms with van der Waals surface area (Å²) < 4.78 is 0. The molecule has 0 saturated heterocycles. The van der Waals surface area contributed by atoms with Crippen LogP contribution in [0.25, 0.3) is 0 Å². The maximum atomic E-state index is 12.2. The van der Waals surface area contributed by atoms with Gasteiger partial charge in [0.2, 0.25) is 0 Å². The van der Waals surface area contributed by atoms with Gasteiger partial charge in [0.15, 0.2) is 5.78 Å². The summed E-state index contributed by atoms with van der Waals surface area (Å²) in [7, 11) is 0. The third-order valence-electron chi connectivity index (χ3n) is 2.30. The van der Waals surface area contributed by atoms with Crippen molar-refractivity contribution in [2.45, 2.75) is 25.5 Å². The second kappa shape index (κ2) is 6.68. The van der Waals surface area contributed by atoms with Gasteiger partial charge in [0, 0.05) is 10.6 Å². The quantitative estimate of drug-likeness (QED) is 0.594. The van der Waals surface area contributed by atoms with Crippen LogP contribution in [-0.2, 0) is 0 Å². The lowest BCUT2D eigenvalue weighted by atomic mass is 10.0. The van der Waals surface area contributed by atoms with Crippen molar-refractivity contribution in [1.82, 2.24) is 0 Å². The van der Waals surface area contributed by atoms with Crippen molar-refractivity contribution in [1.29, 1.82) is 5.26 Å². The van der Waals surface area contributed by atoms with Crippen molar-refractivity contribution >= 4 is 29.1 Å². The van der Waals surface area contributed by atoms with Crippen molar-refractivity contribution in [3.05, 3.63) is 34.9 Å². The number of benzene rings is 1. The van der Waals surface area contributed by atoms with Gasteiger partial charge in [0.1, 0.15) is 5.40 Å². The molecule has 0 radical (unpaired) electrons. The number of nitrogens with zero attached hydrogens (tertiary/aromatic N) is 1. The Bertz CT molecular complexity index is 422. The Morgan fingerprint density at radius 3 is 2.47 bits per heavy atom. The van der Waals surface area contributed by atoms with E-state index in [1.807, 2.05) is 19.2 Å². The predicted molar refractivity (Wildman–Crippen MR) is 72.2 cm³/mol. The molecule has 0 saturated carbocycles. The molecule has 0 bridgehead atoms. The highest BCUT2D eigenvalue weighted by molar-refractivity contribution is 8.05. The number of hydrogen-bond acceptors (Lipinski definition) is 3. The van der Waals surface area contributed by atoms with Crippen molar-refractivity contribution < 1.29 is 4.79 Å². The molecule has 0 heterocycles. The molecule has 2 nitrogen and oxygen atoms in total. The van der Waals surface area contributed by atoms with Gasteiger partial charge < -0.3 is 0 Å². The van der Waals surface area contributed by atoms with Crippen LogP contribution >= 0.6 is 23.4 Å². The number of thiocyanates is 1. The van der Waals surface area contributed by atoms with E-state index >= 15 is 0 Å². The summed E-state index contributed by atoms with van der Waals surface area (Å²) in [5, 5.41) is 11.0. The van der Waals surface area contributed by atoms with E-state index in [1.54, 1.807) is 24.3 Å². The fraction of sp³-hybridized carbons (Fsp3) is 0.385. The van der Waals surface area contributed by atoms with Gasteiger partial charge in [-0.2, -0.15) is 5.26 Å². The number of ketones is 1. The lowest BCUT2D eigenvalue weighted by Crippen LogP contribution is -2.19. The Morgan fingerprint density at radius 2 is 2.00 bits per heavy atom. The lowest BCUT2D eigenvalue weighted by molar-refractivity contribution is 0.0982. The summed E-state index contributed by atoms with van der Waals surface area (Å²) in [6.45, 7) is 4.08. The highest BCUT2D eigenvalue weighted by atomic mass is 35.5. The maximum absolute atomic E-state index is 12.2. The van der Waals surface area contributed by atoms with Crippen LogP contribution in [0.5, 0.6) is 0 Å². The van der Waals surface area contributed by atoms with E-state index in [-0.39, 0.29) is 11.0 Å². The van der Waals surface area contributed by atoms with Gasteiger partial charge in [0.05, 0.1) is 5.25 Å². The normalized spacial score (nSPS) is 12.2. The molecule has 1 unspecified atom stereocenters. The topological polar surface area (TPSA) is 40.9 Å². The summed E-state index contributed by atoms with van der Waals surface area (Å²) >= 11 is 6.81. The zero-order chi connectivity index (χ0) is 12.8. The summed E-state index contributed by atoms with van der Waals surface area (Å²) in [5.74, 6) is 0.388. The van der Waals surface area contributed by atoms with Gasteiger partial charge in [-0.1, -0.05) is 25.4 Å². The molecule has 0 aliphatic carbocycles. The van der Waals surface area contributed by atoms with Crippen LogP contribution in [0.15, 0.2) is 24.3 Å². The zero-order valence-corrected chi connectivity index (χ0v) is 11.4. The number of carbonyl (C=O) groups is 1. The monoisotopic (exact) mass is 267 g/mol. The van der Waals surface area contributed by atoms with Crippen LogP contribution in [0.3, 0.4) is 0 Å². The SMILES string of the molecule is CC(C)CC(SC#N)C(=O)c1ccc(Cl)cc1. The molecule has 0 aliphatic rings. The van der Waals surface area contributed by atoms with E-state index in [9.17, 15) is 4.79 Å². The van der Waals surface area contributed by atoms with E-state index in [0.29, 0.717) is 22.9 Å². The number of nitriles is 1. The second-order valence-corrected chi connectivity index (χ2v) is 5.62. The largest absolute Gasteiger partial charge is 0.293 e. The number of carbonyl (C=O) groups excluding carboxylic acids is 1. The summed E-state index contributed by atoms with van der Waals surface area (Å²) in [6.07, 6.45) is 0.708. The molecule has 90 valence electrons. The Kier molecular flexibility index (Phi) is 5.54. The molecule has 1 aromatic rings. The van der Waals surface area contributed by atoms with E-state index in [2.05, 4.69) is 0 Å². The van der Waals surface area contributed by atoms with E-state index < -0.39 is 0 Å². The van der Waals surface area contributed by atoms with E-state index in [0.717, 1.165) is 11.8 Å². The molecular formula is C13H14ClNOS. The third-order valence-corrected chi connectivity index (χ3v) is 3.35. The number of halogens is 1. The number of rotatable bonds is 5. The van der Waals surface area contributed by atoms with Gasteiger partial charge >= 0.3 is 0 Å².